The molecule has 0 atom stereocenters. The molecular weight excluding hydrogens is 388 g/mol. The maximum atomic E-state index is 13.5. The number of methoxy groups -OCH3 is 1. The first-order valence-corrected chi connectivity index (χ1v) is 10.8. The Kier molecular flexibility index (Phi) is 5.36. The number of hydrogen-bond acceptors (Lipinski definition) is 5. The molecule has 2 heterocycles. The number of thiophene rings is 1. The zero-order valence-corrected chi connectivity index (χ0v) is 16.8. The maximum absolute atomic E-state index is 13.5. The lowest BCUT2D eigenvalue weighted by molar-refractivity contribution is 0.218. The van der Waals surface area contributed by atoms with Crippen LogP contribution in [0, 0.1) is 0 Å². The third-order valence-electron chi connectivity index (χ3n) is 4.56. The summed E-state index contributed by atoms with van der Waals surface area (Å²) in [5.41, 5.74) is 2.03. The van der Waals surface area contributed by atoms with E-state index in [1.165, 1.54) is 16.9 Å². The number of aromatic nitrogens is 2. The van der Waals surface area contributed by atoms with Gasteiger partial charge >= 0.3 is 0 Å². The largest absolute Gasteiger partial charge is 0.384 e. The van der Waals surface area contributed by atoms with E-state index in [-0.39, 0.29) is 5.56 Å². The van der Waals surface area contributed by atoms with Crippen LogP contribution in [0.25, 0.3) is 15.9 Å². The van der Waals surface area contributed by atoms with Gasteiger partial charge in [-0.05, 0) is 55.5 Å². The molecule has 0 unspecified atom stereocenters. The van der Waals surface area contributed by atoms with Gasteiger partial charge in [-0.25, -0.2) is 4.98 Å². The summed E-state index contributed by atoms with van der Waals surface area (Å²) in [6.45, 7) is 0.611. The molecule has 0 N–H and O–H groups in total. The van der Waals surface area contributed by atoms with Crippen molar-refractivity contribution >= 4 is 44.9 Å². The van der Waals surface area contributed by atoms with E-state index in [0.717, 1.165) is 40.9 Å². The van der Waals surface area contributed by atoms with Crippen LogP contribution in [-0.2, 0) is 17.6 Å². The van der Waals surface area contributed by atoms with Crippen molar-refractivity contribution in [2.24, 2.45) is 0 Å². The van der Waals surface area contributed by atoms with Gasteiger partial charge in [-0.1, -0.05) is 23.4 Å². The van der Waals surface area contributed by atoms with Crippen molar-refractivity contribution in [1.29, 1.82) is 0 Å². The first-order chi connectivity index (χ1) is 12.7. The Hall–Kier alpha value is -1.34. The average Bonchev–Trinajstić information content (AvgIpc) is 3.02. The van der Waals surface area contributed by atoms with Crippen LogP contribution in [0.2, 0.25) is 5.02 Å². The van der Waals surface area contributed by atoms with Gasteiger partial charge in [-0.2, -0.15) is 0 Å². The number of nitrogens with zero attached hydrogens (tertiary/aromatic N) is 2. The molecule has 4 rings (SSSR count). The fourth-order valence-electron chi connectivity index (χ4n) is 3.32. The number of aryl methyl sites for hydroxylation is 2. The summed E-state index contributed by atoms with van der Waals surface area (Å²) in [4.78, 5) is 20.5. The first kappa shape index (κ1) is 18.0. The van der Waals surface area contributed by atoms with Crippen molar-refractivity contribution in [1.82, 2.24) is 9.55 Å². The van der Waals surface area contributed by atoms with Crippen molar-refractivity contribution in [2.45, 2.75) is 30.8 Å². The topological polar surface area (TPSA) is 44.1 Å². The van der Waals surface area contributed by atoms with Crippen LogP contribution in [0.1, 0.15) is 23.3 Å². The fraction of sp³-hybridized carbons (Fsp3) is 0.368. The third-order valence-corrected chi connectivity index (χ3v) is 6.90. The van der Waals surface area contributed by atoms with Crippen LogP contribution in [0.3, 0.4) is 0 Å². The smallest absolute Gasteiger partial charge is 0.267 e. The minimum absolute atomic E-state index is 0.0247. The molecule has 2 aromatic heterocycles. The summed E-state index contributed by atoms with van der Waals surface area (Å²) in [5, 5.41) is 2.16. The lowest BCUT2D eigenvalue weighted by atomic mass is 9.97. The van der Waals surface area contributed by atoms with Crippen LogP contribution >= 0.6 is 34.7 Å². The second-order valence-electron chi connectivity index (χ2n) is 6.24. The van der Waals surface area contributed by atoms with E-state index < -0.39 is 0 Å². The Morgan fingerprint density at radius 2 is 2.04 bits per heavy atom. The summed E-state index contributed by atoms with van der Waals surface area (Å²) < 4.78 is 6.88. The van der Waals surface area contributed by atoms with E-state index in [2.05, 4.69) is 0 Å². The molecule has 7 heteroatoms. The minimum atomic E-state index is 0.0247. The van der Waals surface area contributed by atoms with E-state index >= 15 is 0 Å². The third kappa shape index (κ3) is 3.31. The summed E-state index contributed by atoms with van der Waals surface area (Å²) in [7, 11) is 1.68. The van der Waals surface area contributed by atoms with Gasteiger partial charge in [0.2, 0.25) is 0 Å². The average molecular weight is 407 g/mol. The van der Waals surface area contributed by atoms with Gasteiger partial charge in [0.05, 0.1) is 17.7 Å². The number of thioether (sulfide) groups is 1. The van der Waals surface area contributed by atoms with Gasteiger partial charge in [0.25, 0.3) is 5.56 Å². The van der Waals surface area contributed by atoms with Gasteiger partial charge < -0.3 is 4.74 Å². The van der Waals surface area contributed by atoms with E-state index in [1.54, 1.807) is 46.9 Å². The number of ether oxygens (including phenoxy) is 1. The van der Waals surface area contributed by atoms with E-state index in [4.69, 9.17) is 21.3 Å². The molecule has 0 aliphatic heterocycles. The van der Waals surface area contributed by atoms with Crippen LogP contribution in [-0.4, -0.2) is 29.0 Å². The zero-order valence-electron chi connectivity index (χ0n) is 14.5. The van der Waals surface area contributed by atoms with Crippen molar-refractivity contribution in [3.8, 4) is 5.69 Å². The highest BCUT2D eigenvalue weighted by Crippen LogP contribution is 2.35. The Balaban J connectivity index is 1.93. The molecule has 4 nitrogen and oxygen atoms in total. The highest BCUT2D eigenvalue weighted by molar-refractivity contribution is 7.99. The molecule has 3 aromatic rings. The summed E-state index contributed by atoms with van der Waals surface area (Å²) in [6.07, 6.45) is 4.37. The lowest BCUT2D eigenvalue weighted by Gasteiger charge is -2.13. The zero-order chi connectivity index (χ0) is 18.1. The molecule has 0 spiro atoms. The normalized spacial score (nSPS) is 13.9. The molecule has 1 aliphatic carbocycles. The minimum Gasteiger partial charge on any atom is -0.384 e. The molecule has 0 bridgehead atoms. The summed E-state index contributed by atoms with van der Waals surface area (Å²) in [6, 6.07) is 7.35. The highest BCUT2D eigenvalue weighted by Gasteiger charge is 2.22. The fourth-order valence-corrected chi connectivity index (χ4v) is 5.66. The predicted molar refractivity (Wildman–Crippen MR) is 109 cm³/mol. The number of hydrogen-bond donors (Lipinski definition) is 0. The first-order valence-electron chi connectivity index (χ1n) is 8.64. The van der Waals surface area contributed by atoms with Crippen LogP contribution < -0.4 is 5.56 Å². The molecule has 0 saturated carbocycles. The van der Waals surface area contributed by atoms with E-state index in [0.29, 0.717) is 16.8 Å². The number of rotatable bonds is 5. The van der Waals surface area contributed by atoms with Crippen LogP contribution in [0.5, 0.6) is 0 Å². The number of halogens is 1. The van der Waals surface area contributed by atoms with Crippen LogP contribution in [0.15, 0.2) is 34.2 Å². The molecule has 0 radical (unpaired) electrons. The second kappa shape index (κ2) is 7.72. The maximum Gasteiger partial charge on any atom is 0.267 e. The molecule has 0 amide bonds. The molecule has 1 aromatic carbocycles. The molecule has 26 heavy (non-hydrogen) atoms. The number of fused-ring (bicyclic) bond motifs is 3. The summed E-state index contributed by atoms with van der Waals surface area (Å²) >= 11 is 9.26. The Morgan fingerprint density at radius 1 is 1.27 bits per heavy atom. The molecule has 1 aliphatic rings. The highest BCUT2D eigenvalue weighted by atomic mass is 35.5. The van der Waals surface area contributed by atoms with Gasteiger partial charge in [0.15, 0.2) is 5.16 Å². The van der Waals surface area contributed by atoms with Gasteiger partial charge in [0, 0.05) is 22.8 Å². The summed E-state index contributed by atoms with van der Waals surface area (Å²) in [5.74, 6) is 0.743. The van der Waals surface area contributed by atoms with E-state index in [9.17, 15) is 4.79 Å². The van der Waals surface area contributed by atoms with Crippen LogP contribution in [0.4, 0.5) is 0 Å². The van der Waals surface area contributed by atoms with Gasteiger partial charge in [0.1, 0.15) is 4.83 Å². The lowest BCUT2D eigenvalue weighted by Crippen LogP contribution is -2.22. The Morgan fingerprint density at radius 3 is 2.81 bits per heavy atom. The van der Waals surface area contributed by atoms with Crippen molar-refractivity contribution in [3.63, 3.8) is 0 Å². The Labute approximate surface area is 165 Å². The molecular formula is C19H19ClN2O2S2. The number of benzene rings is 1. The van der Waals surface area contributed by atoms with Crippen molar-refractivity contribution < 1.29 is 4.74 Å². The second-order valence-corrected chi connectivity index (χ2v) is 8.83. The SMILES string of the molecule is COCCSc1nc2sc3c(c2c(=O)n1-c1ccc(Cl)cc1)CCCC3. The monoisotopic (exact) mass is 406 g/mol. The van der Waals surface area contributed by atoms with E-state index in [1.807, 2.05) is 12.1 Å². The standard InChI is InChI=1S/C19H19ClN2O2S2/c1-24-10-11-25-19-21-17-16(14-4-2-3-5-15(14)26-17)18(23)22(19)13-8-6-12(20)7-9-13/h6-9H,2-5,10-11H2,1H3. The predicted octanol–water partition coefficient (Wildman–Crippen LogP) is 4.72. The van der Waals surface area contributed by atoms with Gasteiger partial charge in [-0.15, -0.1) is 11.3 Å². The molecule has 136 valence electrons. The Bertz CT molecular complexity index is 995. The van der Waals surface area contributed by atoms with Gasteiger partial charge in [-0.3, -0.25) is 9.36 Å². The molecule has 0 fully saturated rings. The molecule has 0 saturated heterocycles. The van der Waals surface area contributed by atoms with Crippen molar-refractivity contribution in [2.75, 3.05) is 19.5 Å². The quantitative estimate of drug-likeness (QED) is 0.349. The van der Waals surface area contributed by atoms with Crippen molar-refractivity contribution in [3.05, 3.63) is 50.1 Å².